The molecule has 1 aromatic rings. The van der Waals surface area contributed by atoms with E-state index in [4.69, 9.17) is 4.74 Å². The van der Waals surface area contributed by atoms with Crippen molar-refractivity contribution in [3.63, 3.8) is 0 Å². The number of amides is 1. The molecular weight excluding hydrogens is 296 g/mol. The maximum atomic E-state index is 11.8. The summed E-state index contributed by atoms with van der Waals surface area (Å²) in [5.74, 6) is -0.0612. The molecule has 1 fully saturated rings. The lowest BCUT2D eigenvalue weighted by atomic mass is 10.1. The van der Waals surface area contributed by atoms with Gasteiger partial charge >= 0.3 is 0 Å². The van der Waals surface area contributed by atoms with Gasteiger partial charge in [-0.15, -0.1) is 0 Å². The minimum absolute atomic E-state index is 0.0612. The highest BCUT2D eigenvalue weighted by atomic mass is 79.9. The van der Waals surface area contributed by atoms with E-state index in [-0.39, 0.29) is 5.91 Å². The van der Waals surface area contributed by atoms with Crippen LogP contribution in [0.15, 0.2) is 22.9 Å². The molecule has 1 aliphatic heterocycles. The summed E-state index contributed by atoms with van der Waals surface area (Å²) in [6.07, 6.45) is 6.31. The van der Waals surface area contributed by atoms with E-state index in [1.165, 1.54) is 6.42 Å². The number of hydrogen-bond acceptors (Lipinski definition) is 3. The van der Waals surface area contributed by atoms with Gasteiger partial charge in [-0.05, 0) is 53.7 Å². The Kier molecular flexibility index (Phi) is 5.13. The molecule has 0 aromatic carbocycles. The SMILES string of the molecule is O=C(NCCC1CCCCO1)c1ccnc(Br)c1. The molecule has 1 unspecified atom stereocenters. The van der Waals surface area contributed by atoms with Crippen molar-refractivity contribution in [1.29, 1.82) is 0 Å². The first-order valence-corrected chi connectivity index (χ1v) is 7.06. The van der Waals surface area contributed by atoms with Crippen LogP contribution in [0.4, 0.5) is 0 Å². The van der Waals surface area contributed by atoms with Gasteiger partial charge in [0.05, 0.1) is 6.10 Å². The zero-order chi connectivity index (χ0) is 12.8. The molecule has 1 N–H and O–H groups in total. The van der Waals surface area contributed by atoms with Gasteiger partial charge in [0.1, 0.15) is 4.60 Å². The fraction of sp³-hybridized carbons (Fsp3) is 0.538. The second kappa shape index (κ2) is 6.85. The van der Waals surface area contributed by atoms with Gasteiger partial charge in [0.25, 0.3) is 5.91 Å². The predicted molar refractivity (Wildman–Crippen MR) is 72.5 cm³/mol. The first-order chi connectivity index (χ1) is 8.75. The molecule has 0 spiro atoms. The van der Waals surface area contributed by atoms with Gasteiger partial charge in [-0.25, -0.2) is 4.98 Å². The van der Waals surface area contributed by atoms with Crippen molar-refractivity contribution in [2.24, 2.45) is 0 Å². The molecule has 0 bridgehead atoms. The monoisotopic (exact) mass is 312 g/mol. The number of ether oxygens (including phenoxy) is 1. The fourth-order valence-electron chi connectivity index (χ4n) is 2.03. The van der Waals surface area contributed by atoms with Crippen LogP contribution in [0.1, 0.15) is 36.0 Å². The third kappa shape index (κ3) is 4.07. The fourth-order valence-corrected chi connectivity index (χ4v) is 2.39. The second-order valence-electron chi connectivity index (χ2n) is 4.40. The van der Waals surface area contributed by atoms with Gasteiger partial charge < -0.3 is 10.1 Å². The number of nitrogens with zero attached hydrogens (tertiary/aromatic N) is 1. The van der Waals surface area contributed by atoms with Crippen LogP contribution in [0.3, 0.4) is 0 Å². The molecule has 18 heavy (non-hydrogen) atoms. The lowest BCUT2D eigenvalue weighted by Gasteiger charge is -2.22. The Morgan fingerprint density at radius 3 is 3.17 bits per heavy atom. The minimum atomic E-state index is -0.0612. The summed E-state index contributed by atoms with van der Waals surface area (Å²) < 4.78 is 6.29. The van der Waals surface area contributed by atoms with E-state index < -0.39 is 0 Å². The maximum absolute atomic E-state index is 11.8. The summed E-state index contributed by atoms with van der Waals surface area (Å²) in [6.45, 7) is 1.51. The van der Waals surface area contributed by atoms with Gasteiger partial charge in [0.15, 0.2) is 0 Å². The topological polar surface area (TPSA) is 51.2 Å². The average molecular weight is 313 g/mol. The van der Waals surface area contributed by atoms with Crippen molar-refractivity contribution in [3.05, 3.63) is 28.5 Å². The van der Waals surface area contributed by atoms with Crippen LogP contribution in [0.25, 0.3) is 0 Å². The molecule has 1 amide bonds. The molecule has 5 heteroatoms. The van der Waals surface area contributed by atoms with E-state index in [1.807, 2.05) is 0 Å². The standard InChI is InChI=1S/C13H17BrN2O2/c14-12-9-10(4-6-15-12)13(17)16-7-5-11-3-1-2-8-18-11/h4,6,9,11H,1-3,5,7-8H2,(H,16,17). The largest absolute Gasteiger partial charge is 0.378 e. The third-order valence-corrected chi connectivity index (χ3v) is 3.45. The Balaban J connectivity index is 1.74. The highest BCUT2D eigenvalue weighted by Crippen LogP contribution is 2.15. The number of halogens is 1. The molecule has 0 saturated carbocycles. The lowest BCUT2D eigenvalue weighted by molar-refractivity contribution is 0.0117. The zero-order valence-corrected chi connectivity index (χ0v) is 11.8. The maximum Gasteiger partial charge on any atom is 0.251 e. The summed E-state index contributed by atoms with van der Waals surface area (Å²) in [5, 5.41) is 2.91. The summed E-state index contributed by atoms with van der Waals surface area (Å²) in [6, 6.07) is 3.42. The average Bonchev–Trinajstić information content (AvgIpc) is 2.40. The van der Waals surface area contributed by atoms with E-state index >= 15 is 0 Å². The van der Waals surface area contributed by atoms with Crippen LogP contribution < -0.4 is 5.32 Å². The van der Waals surface area contributed by atoms with Crippen molar-refractivity contribution < 1.29 is 9.53 Å². The number of hydrogen-bond donors (Lipinski definition) is 1. The Hall–Kier alpha value is -0.940. The molecule has 4 nitrogen and oxygen atoms in total. The van der Waals surface area contributed by atoms with Gasteiger partial charge in [-0.1, -0.05) is 0 Å². The third-order valence-electron chi connectivity index (χ3n) is 3.01. The number of aromatic nitrogens is 1. The predicted octanol–water partition coefficient (Wildman–Crippen LogP) is 2.53. The Labute approximate surface area is 115 Å². The number of rotatable bonds is 4. The summed E-state index contributed by atoms with van der Waals surface area (Å²) >= 11 is 3.25. The summed E-state index contributed by atoms with van der Waals surface area (Å²) in [7, 11) is 0. The molecule has 98 valence electrons. The Morgan fingerprint density at radius 2 is 2.44 bits per heavy atom. The van der Waals surface area contributed by atoms with Crippen LogP contribution >= 0.6 is 15.9 Å². The molecular formula is C13H17BrN2O2. The van der Waals surface area contributed by atoms with Crippen LogP contribution in [-0.2, 0) is 4.74 Å². The van der Waals surface area contributed by atoms with Crippen LogP contribution in [0.2, 0.25) is 0 Å². The van der Waals surface area contributed by atoms with Crippen molar-refractivity contribution in [2.45, 2.75) is 31.8 Å². The van der Waals surface area contributed by atoms with E-state index in [0.717, 1.165) is 25.9 Å². The number of carbonyl (C=O) groups excluding carboxylic acids is 1. The molecule has 1 saturated heterocycles. The van der Waals surface area contributed by atoms with Gasteiger partial charge in [0.2, 0.25) is 0 Å². The van der Waals surface area contributed by atoms with Crippen LogP contribution in [0, 0.1) is 0 Å². The Bertz CT molecular complexity index is 406. The summed E-state index contributed by atoms with van der Waals surface area (Å²) in [5.41, 5.74) is 0.626. The van der Waals surface area contributed by atoms with Crippen molar-refractivity contribution in [1.82, 2.24) is 10.3 Å². The first-order valence-electron chi connectivity index (χ1n) is 6.27. The van der Waals surface area contributed by atoms with Gasteiger partial charge in [0, 0.05) is 24.9 Å². The van der Waals surface area contributed by atoms with E-state index in [0.29, 0.717) is 22.8 Å². The quantitative estimate of drug-likeness (QED) is 0.869. The summed E-state index contributed by atoms with van der Waals surface area (Å²) in [4.78, 5) is 15.8. The van der Waals surface area contributed by atoms with Gasteiger partial charge in [-0.3, -0.25) is 4.79 Å². The highest BCUT2D eigenvalue weighted by Gasteiger charge is 2.14. The van der Waals surface area contributed by atoms with Crippen LogP contribution in [-0.4, -0.2) is 30.1 Å². The normalized spacial score (nSPS) is 19.5. The lowest BCUT2D eigenvalue weighted by Crippen LogP contribution is -2.29. The first kappa shape index (κ1) is 13.5. The molecule has 1 atom stereocenters. The molecule has 2 heterocycles. The van der Waals surface area contributed by atoms with E-state index in [1.54, 1.807) is 18.3 Å². The van der Waals surface area contributed by atoms with Gasteiger partial charge in [-0.2, -0.15) is 0 Å². The molecule has 0 aliphatic carbocycles. The molecule has 1 aliphatic rings. The zero-order valence-electron chi connectivity index (χ0n) is 10.2. The van der Waals surface area contributed by atoms with Crippen molar-refractivity contribution in [3.8, 4) is 0 Å². The Morgan fingerprint density at radius 1 is 1.56 bits per heavy atom. The second-order valence-corrected chi connectivity index (χ2v) is 5.21. The minimum Gasteiger partial charge on any atom is -0.378 e. The highest BCUT2D eigenvalue weighted by molar-refractivity contribution is 9.10. The molecule has 2 rings (SSSR count). The number of carbonyl (C=O) groups is 1. The molecule has 1 aromatic heterocycles. The number of pyridine rings is 1. The van der Waals surface area contributed by atoms with E-state index in [2.05, 4.69) is 26.2 Å². The van der Waals surface area contributed by atoms with Crippen molar-refractivity contribution >= 4 is 21.8 Å². The van der Waals surface area contributed by atoms with Crippen molar-refractivity contribution in [2.75, 3.05) is 13.2 Å². The van der Waals surface area contributed by atoms with Crippen LogP contribution in [0.5, 0.6) is 0 Å². The molecule has 0 radical (unpaired) electrons. The van der Waals surface area contributed by atoms with E-state index in [9.17, 15) is 4.79 Å². The number of nitrogens with one attached hydrogen (secondary N) is 1. The smallest absolute Gasteiger partial charge is 0.251 e.